The number of thioether (sulfide) groups is 1. The largest absolute Gasteiger partial charge is 0.496 e. The maximum Gasteiger partial charge on any atom is 0.335 e. The number of benzene rings is 2. The van der Waals surface area contributed by atoms with E-state index in [1.54, 1.807) is 31.0 Å². The topological polar surface area (TPSA) is 46.5 Å². The van der Waals surface area contributed by atoms with Gasteiger partial charge in [0.05, 0.1) is 12.7 Å². The summed E-state index contributed by atoms with van der Waals surface area (Å²) in [4.78, 5) is 11.9. The predicted octanol–water partition coefficient (Wildman–Crippen LogP) is 4.34. The molecule has 2 aromatic carbocycles. The maximum absolute atomic E-state index is 10.8. The molecule has 0 saturated heterocycles. The third kappa shape index (κ3) is 3.46. The SMILES string of the molecule is COc1ccccc1SCc1ccc(C(=O)O)cc1Cl. The average molecular weight is 309 g/mol. The van der Waals surface area contributed by atoms with Gasteiger partial charge in [0.15, 0.2) is 0 Å². The fraction of sp³-hybridized carbons (Fsp3) is 0.133. The molecule has 0 heterocycles. The van der Waals surface area contributed by atoms with E-state index in [2.05, 4.69) is 0 Å². The molecular formula is C15H13ClO3S. The third-order valence-electron chi connectivity index (χ3n) is 2.75. The van der Waals surface area contributed by atoms with Crippen molar-refractivity contribution in [3.05, 3.63) is 58.6 Å². The van der Waals surface area contributed by atoms with Gasteiger partial charge in [0, 0.05) is 15.7 Å². The summed E-state index contributed by atoms with van der Waals surface area (Å²) < 4.78 is 5.28. The number of carboxylic acid groups (broad SMARTS) is 1. The van der Waals surface area contributed by atoms with Crippen molar-refractivity contribution in [3.8, 4) is 5.75 Å². The van der Waals surface area contributed by atoms with Crippen LogP contribution in [0.5, 0.6) is 5.75 Å². The molecule has 0 aromatic heterocycles. The van der Waals surface area contributed by atoms with Gasteiger partial charge in [-0.25, -0.2) is 4.79 Å². The van der Waals surface area contributed by atoms with Gasteiger partial charge >= 0.3 is 5.97 Å². The van der Waals surface area contributed by atoms with E-state index in [1.807, 2.05) is 24.3 Å². The van der Waals surface area contributed by atoms with Gasteiger partial charge in [-0.2, -0.15) is 0 Å². The monoisotopic (exact) mass is 308 g/mol. The molecule has 0 amide bonds. The first-order valence-corrected chi connectivity index (χ1v) is 7.25. The molecule has 0 fully saturated rings. The van der Waals surface area contributed by atoms with E-state index in [0.29, 0.717) is 10.8 Å². The number of rotatable bonds is 5. The number of carboxylic acids is 1. The van der Waals surface area contributed by atoms with Crippen LogP contribution in [-0.4, -0.2) is 18.2 Å². The number of para-hydroxylation sites is 1. The van der Waals surface area contributed by atoms with E-state index >= 15 is 0 Å². The highest BCUT2D eigenvalue weighted by atomic mass is 35.5. The summed E-state index contributed by atoms with van der Waals surface area (Å²) in [5.74, 6) is 0.491. The van der Waals surface area contributed by atoms with Gasteiger partial charge in [0.1, 0.15) is 5.75 Å². The van der Waals surface area contributed by atoms with Gasteiger partial charge in [-0.15, -0.1) is 11.8 Å². The Morgan fingerprint density at radius 2 is 2.05 bits per heavy atom. The normalized spacial score (nSPS) is 10.3. The molecule has 2 rings (SSSR count). The molecule has 0 unspecified atom stereocenters. The lowest BCUT2D eigenvalue weighted by atomic mass is 10.1. The highest BCUT2D eigenvalue weighted by molar-refractivity contribution is 7.98. The molecule has 0 radical (unpaired) electrons. The predicted molar refractivity (Wildman–Crippen MR) is 81.0 cm³/mol. The van der Waals surface area contributed by atoms with E-state index in [9.17, 15) is 4.79 Å². The van der Waals surface area contributed by atoms with Crippen LogP contribution in [0, 0.1) is 0 Å². The van der Waals surface area contributed by atoms with Crippen molar-refractivity contribution in [3.63, 3.8) is 0 Å². The smallest absolute Gasteiger partial charge is 0.335 e. The van der Waals surface area contributed by atoms with Gasteiger partial charge in [0.2, 0.25) is 0 Å². The van der Waals surface area contributed by atoms with Crippen molar-refractivity contribution in [2.24, 2.45) is 0 Å². The molecule has 0 spiro atoms. The molecule has 2 aromatic rings. The molecule has 0 bridgehead atoms. The molecule has 3 nitrogen and oxygen atoms in total. The number of ether oxygens (including phenoxy) is 1. The van der Waals surface area contributed by atoms with E-state index in [0.717, 1.165) is 16.2 Å². The van der Waals surface area contributed by atoms with Crippen molar-refractivity contribution in [2.75, 3.05) is 7.11 Å². The minimum Gasteiger partial charge on any atom is -0.496 e. The number of carbonyl (C=O) groups is 1. The Balaban J connectivity index is 2.13. The zero-order valence-corrected chi connectivity index (χ0v) is 12.4. The number of hydrogen-bond acceptors (Lipinski definition) is 3. The standard InChI is InChI=1S/C15H13ClO3S/c1-19-13-4-2-3-5-14(13)20-9-11-7-6-10(15(17)18)8-12(11)16/h2-8H,9H2,1H3,(H,17,18). The molecule has 5 heteroatoms. The van der Waals surface area contributed by atoms with Crippen LogP contribution >= 0.6 is 23.4 Å². The highest BCUT2D eigenvalue weighted by Gasteiger charge is 2.09. The van der Waals surface area contributed by atoms with Crippen molar-refractivity contribution >= 4 is 29.3 Å². The quantitative estimate of drug-likeness (QED) is 0.835. The molecule has 0 aliphatic carbocycles. The fourth-order valence-electron chi connectivity index (χ4n) is 1.69. The second-order valence-corrected chi connectivity index (χ2v) is 5.48. The molecule has 0 aliphatic rings. The van der Waals surface area contributed by atoms with Crippen molar-refractivity contribution in [1.82, 2.24) is 0 Å². The van der Waals surface area contributed by atoms with Gasteiger partial charge in [0.25, 0.3) is 0 Å². The Kier molecular flexibility index (Phi) is 4.93. The highest BCUT2D eigenvalue weighted by Crippen LogP contribution is 2.33. The second-order valence-electron chi connectivity index (χ2n) is 4.05. The summed E-state index contributed by atoms with van der Waals surface area (Å²) in [6, 6.07) is 12.5. The molecule has 20 heavy (non-hydrogen) atoms. The first kappa shape index (κ1) is 14.8. The van der Waals surface area contributed by atoms with Crippen LogP contribution in [0.15, 0.2) is 47.4 Å². The summed E-state index contributed by atoms with van der Waals surface area (Å²) >= 11 is 7.70. The Bertz CT molecular complexity index is 628. The molecule has 1 N–H and O–H groups in total. The number of aromatic carboxylic acids is 1. The zero-order chi connectivity index (χ0) is 14.5. The van der Waals surface area contributed by atoms with E-state index in [4.69, 9.17) is 21.4 Å². The lowest BCUT2D eigenvalue weighted by Gasteiger charge is -2.09. The molecular weight excluding hydrogens is 296 g/mol. The molecule has 0 aliphatic heterocycles. The van der Waals surface area contributed by atoms with Crippen LogP contribution < -0.4 is 4.74 Å². The molecule has 0 atom stereocenters. The summed E-state index contributed by atoms with van der Waals surface area (Å²) in [7, 11) is 1.63. The Labute approximate surface area is 126 Å². The van der Waals surface area contributed by atoms with Gasteiger partial charge in [-0.05, 0) is 29.8 Å². The maximum atomic E-state index is 10.8. The Morgan fingerprint density at radius 1 is 1.30 bits per heavy atom. The summed E-state index contributed by atoms with van der Waals surface area (Å²) in [6.07, 6.45) is 0. The van der Waals surface area contributed by atoms with E-state index < -0.39 is 5.97 Å². The number of hydrogen-bond donors (Lipinski definition) is 1. The zero-order valence-electron chi connectivity index (χ0n) is 10.8. The van der Waals surface area contributed by atoms with Crippen molar-refractivity contribution < 1.29 is 14.6 Å². The number of methoxy groups -OCH3 is 1. The third-order valence-corrected chi connectivity index (χ3v) is 4.21. The van der Waals surface area contributed by atoms with Crippen LogP contribution in [0.4, 0.5) is 0 Å². The molecule has 0 saturated carbocycles. The van der Waals surface area contributed by atoms with Crippen LogP contribution in [0.1, 0.15) is 15.9 Å². The first-order valence-electron chi connectivity index (χ1n) is 5.89. The van der Waals surface area contributed by atoms with Crippen LogP contribution in [0.25, 0.3) is 0 Å². The van der Waals surface area contributed by atoms with E-state index in [-0.39, 0.29) is 5.56 Å². The van der Waals surface area contributed by atoms with Gasteiger partial charge < -0.3 is 9.84 Å². The van der Waals surface area contributed by atoms with E-state index in [1.165, 1.54) is 6.07 Å². The van der Waals surface area contributed by atoms with Crippen LogP contribution in [0.2, 0.25) is 5.02 Å². The minimum absolute atomic E-state index is 0.195. The second kappa shape index (κ2) is 6.68. The lowest BCUT2D eigenvalue weighted by molar-refractivity contribution is 0.0697. The molecule has 104 valence electrons. The van der Waals surface area contributed by atoms with Gasteiger partial charge in [-0.1, -0.05) is 29.8 Å². The van der Waals surface area contributed by atoms with Crippen molar-refractivity contribution in [2.45, 2.75) is 10.6 Å². The fourth-order valence-corrected chi connectivity index (χ4v) is 3.05. The summed E-state index contributed by atoms with van der Waals surface area (Å²) in [5.41, 5.74) is 1.09. The summed E-state index contributed by atoms with van der Waals surface area (Å²) in [6.45, 7) is 0. The van der Waals surface area contributed by atoms with Crippen LogP contribution in [-0.2, 0) is 5.75 Å². The minimum atomic E-state index is -0.976. The first-order chi connectivity index (χ1) is 9.61. The van der Waals surface area contributed by atoms with Crippen LogP contribution in [0.3, 0.4) is 0 Å². The Hall–Kier alpha value is -1.65. The van der Waals surface area contributed by atoms with Gasteiger partial charge in [-0.3, -0.25) is 0 Å². The lowest BCUT2D eigenvalue weighted by Crippen LogP contribution is -1.96. The number of halogens is 1. The average Bonchev–Trinajstić information content (AvgIpc) is 2.46. The summed E-state index contributed by atoms with van der Waals surface area (Å²) in [5, 5.41) is 9.36. The Morgan fingerprint density at radius 3 is 2.70 bits per heavy atom. The van der Waals surface area contributed by atoms with Crippen molar-refractivity contribution in [1.29, 1.82) is 0 Å².